The number of hydrogen-bond donors (Lipinski definition) is 2. The first-order valence-corrected chi connectivity index (χ1v) is 12.2. The molecule has 0 bridgehead atoms. The monoisotopic (exact) mass is 546 g/mol. The second kappa shape index (κ2) is 10.3. The predicted molar refractivity (Wildman–Crippen MR) is 142 cm³/mol. The zero-order valence-corrected chi connectivity index (χ0v) is 21.1. The van der Waals surface area contributed by atoms with Crippen molar-refractivity contribution >= 4 is 43.7 Å². The maximum Gasteiger partial charge on any atom is 0.287 e. The molecule has 0 fully saturated rings. The summed E-state index contributed by atoms with van der Waals surface area (Å²) in [4.78, 5) is 28.9. The Kier molecular flexibility index (Phi) is 6.77. The van der Waals surface area contributed by atoms with Crippen LogP contribution in [0.2, 0.25) is 0 Å². The van der Waals surface area contributed by atoms with Gasteiger partial charge in [-0.2, -0.15) is 0 Å². The average molecular weight is 547 g/mol. The summed E-state index contributed by atoms with van der Waals surface area (Å²) in [5, 5.41) is 4.17. The standard InChI is InChI=1S/C28H23BrN2O5/c1-34-19-9-10-22-20(13-19)17(15-31-22)11-12-30-28(33)26-14-23(32)27-24(7-4-8-25(27)36-26)35-16-18-5-2-3-6-21(18)29/h2-10,13-15,31H,11-12,16H2,1H3,(H,30,33). The van der Waals surface area contributed by atoms with Gasteiger partial charge < -0.3 is 24.2 Å². The van der Waals surface area contributed by atoms with Crippen molar-refractivity contribution in [2.24, 2.45) is 0 Å². The van der Waals surface area contributed by atoms with Crippen molar-refractivity contribution in [1.82, 2.24) is 10.3 Å². The van der Waals surface area contributed by atoms with Crippen LogP contribution in [0.1, 0.15) is 21.7 Å². The van der Waals surface area contributed by atoms with Gasteiger partial charge in [-0.25, -0.2) is 0 Å². The summed E-state index contributed by atoms with van der Waals surface area (Å²) < 4.78 is 17.9. The number of fused-ring (bicyclic) bond motifs is 2. The van der Waals surface area contributed by atoms with Crippen LogP contribution in [0.5, 0.6) is 11.5 Å². The van der Waals surface area contributed by atoms with E-state index in [4.69, 9.17) is 13.9 Å². The molecule has 5 rings (SSSR count). The smallest absolute Gasteiger partial charge is 0.287 e. The third kappa shape index (κ3) is 4.85. The van der Waals surface area contributed by atoms with E-state index in [1.165, 1.54) is 6.07 Å². The molecular formula is C28H23BrN2O5. The minimum absolute atomic E-state index is 0.0453. The lowest BCUT2D eigenvalue weighted by molar-refractivity contribution is 0.0927. The molecule has 5 aromatic rings. The van der Waals surface area contributed by atoms with E-state index < -0.39 is 5.91 Å². The molecule has 2 heterocycles. The number of benzene rings is 3. The fraction of sp³-hybridized carbons (Fsp3) is 0.143. The molecule has 2 N–H and O–H groups in total. The van der Waals surface area contributed by atoms with Gasteiger partial charge in [-0.05, 0) is 48.4 Å². The van der Waals surface area contributed by atoms with E-state index in [0.29, 0.717) is 29.7 Å². The van der Waals surface area contributed by atoms with Crippen LogP contribution in [0.25, 0.3) is 21.9 Å². The molecule has 0 radical (unpaired) electrons. The Morgan fingerprint density at radius 2 is 1.92 bits per heavy atom. The lowest BCUT2D eigenvalue weighted by atomic mass is 10.1. The quantitative estimate of drug-likeness (QED) is 0.264. The number of H-pyrrole nitrogens is 1. The van der Waals surface area contributed by atoms with Gasteiger partial charge in [0.25, 0.3) is 5.91 Å². The van der Waals surface area contributed by atoms with Crippen molar-refractivity contribution in [3.05, 3.63) is 105 Å². The third-order valence-electron chi connectivity index (χ3n) is 5.94. The van der Waals surface area contributed by atoms with Gasteiger partial charge in [-0.3, -0.25) is 9.59 Å². The van der Waals surface area contributed by atoms with Gasteiger partial charge in [0.2, 0.25) is 0 Å². The molecule has 3 aromatic carbocycles. The number of aromatic amines is 1. The summed E-state index contributed by atoms with van der Waals surface area (Å²) in [5.74, 6) is 0.672. The molecule has 2 aromatic heterocycles. The van der Waals surface area contributed by atoms with E-state index in [-0.39, 0.29) is 17.8 Å². The molecule has 8 heteroatoms. The number of carbonyl (C=O) groups excluding carboxylic acids is 1. The summed E-state index contributed by atoms with van der Waals surface area (Å²) in [7, 11) is 1.63. The highest BCUT2D eigenvalue weighted by atomic mass is 79.9. The van der Waals surface area contributed by atoms with Gasteiger partial charge in [0, 0.05) is 39.7 Å². The van der Waals surface area contributed by atoms with Gasteiger partial charge in [0.05, 0.1) is 7.11 Å². The fourth-order valence-electron chi connectivity index (χ4n) is 4.07. The Balaban J connectivity index is 1.29. The second-order valence-corrected chi connectivity index (χ2v) is 9.07. The largest absolute Gasteiger partial charge is 0.497 e. The summed E-state index contributed by atoms with van der Waals surface area (Å²) in [6, 6.07) is 19.8. The molecule has 36 heavy (non-hydrogen) atoms. The number of halogens is 1. The average Bonchev–Trinajstić information content (AvgIpc) is 3.30. The van der Waals surface area contributed by atoms with E-state index >= 15 is 0 Å². The Morgan fingerprint density at radius 3 is 2.75 bits per heavy atom. The van der Waals surface area contributed by atoms with Crippen LogP contribution in [0, 0.1) is 0 Å². The number of ether oxygens (including phenoxy) is 2. The minimum Gasteiger partial charge on any atom is -0.497 e. The molecule has 1 amide bonds. The first-order valence-electron chi connectivity index (χ1n) is 11.4. The van der Waals surface area contributed by atoms with Crippen LogP contribution in [0.4, 0.5) is 0 Å². The predicted octanol–water partition coefficient (Wildman–Crippen LogP) is 5.60. The van der Waals surface area contributed by atoms with Crippen LogP contribution in [0.15, 0.2) is 86.6 Å². The van der Waals surface area contributed by atoms with Crippen LogP contribution in [0.3, 0.4) is 0 Å². The Labute approximate surface area is 215 Å². The molecule has 0 aliphatic rings. The maximum absolute atomic E-state index is 12.9. The summed E-state index contributed by atoms with van der Waals surface area (Å²) in [5.41, 5.74) is 2.95. The Bertz CT molecular complexity index is 1620. The number of amides is 1. The van der Waals surface area contributed by atoms with Crippen molar-refractivity contribution in [2.75, 3.05) is 13.7 Å². The van der Waals surface area contributed by atoms with Crippen LogP contribution in [-0.2, 0) is 13.0 Å². The van der Waals surface area contributed by atoms with Gasteiger partial charge in [0.15, 0.2) is 11.2 Å². The number of carbonyl (C=O) groups is 1. The molecule has 0 atom stereocenters. The summed E-state index contributed by atoms with van der Waals surface area (Å²) in [6.45, 7) is 0.655. The molecule has 0 saturated heterocycles. The van der Waals surface area contributed by atoms with Crippen molar-refractivity contribution in [1.29, 1.82) is 0 Å². The van der Waals surface area contributed by atoms with E-state index in [9.17, 15) is 9.59 Å². The fourth-order valence-corrected chi connectivity index (χ4v) is 4.47. The lowest BCUT2D eigenvalue weighted by Gasteiger charge is -2.10. The van der Waals surface area contributed by atoms with E-state index in [1.54, 1.807) is 25.3 Å². The molecular weight excluding hydrogens is 524 g/mol. The molecule has 0 aliphatic heterocycles. The summed E-state index contributed by atoms with van der Waals surface area (Å²) in [6.07, 6.45) is 2.52. The van der Waals surface area contributed by atoms with E-state index in [1.807, 2.05) is 48.7 Å². The summed E-state index contributed by atoms with van der Waals surface area (Å²) >= 11 is 3.50. The Hall–Kier alpha value is -4.04. The van der Waals surface area contributed by atoms with E-state index in [0.717, 1.165) is 32.3 Å². The molecule has 0 aliphatic carbocycles. The number of hydrogen-bond acceptors (Lipinski definition) is 5. The zero-order valence-electron chi connectivity index (χ0n) is 19.5. The van der Waals surface area contributed by atoms with Crippen LogP contribution in [-0.4, -0.2) is 24.5 Å². The number of nitrogens with one attached hydrogen (secondary N) is 2. The molecule has 0 unspecified atom stereocenters. The van der Waals surface area contributed by atoms with Crippen molar-refractivity contribution in [2.45, 2.75) is 13.0 Å². The highest BCUT2D eigenvalue weighted by Crippen LogP contribution is 2.26. The maximum atomic E-state index is 12.9. The highest BCUT2D eigenvalue weighted by molar-refractivity contribution is 9.10. The SMILES string of the molecule is COc1ccc2[nH]cc(CCNC(=O)c3cc(=O)c4c(OCc5ccccc5Br)cccc4o3)c2c1. The zero-order chi connectivity index (χ0) is 25.1. The minimum atomic E-state index is -0.453. The van der Waals surface area contributed by atoms with Gasteiger partial charge in [0.1, 0.15) is 29.1 Å². The first-order chi connectivity index (χ1) is 17.5. The van der Waals surface area contributed by atoms with Gasteiger partial charge >= 0.3 is 0 Å². The number of aromatic nitrogens is 1. The highest BCUT2D eigenvalue weighted by Gasteiger charge is 2.16. The van der Waals surface area contributed by atoms with Gasteiger partial charge in [-0.1, -0.05) is 40.2 Å². The normalized spacial score (nSPS) is 11.1. The van der Waals surface area contributed by atoms with Gasteiger partial charge in [-0.15, -0.1) is 0 Å². The molecule has 0 spiro atoms. The second-order valence-electron chi connectivity index (χ2n) is 8.22. The van der Waals surface area contributed by atoms with Crippen LogP contribution < -0.4 is 20.2 Å². The third-order valence-corrected chi connectivity index (χ3v) is 6.71. The van der Waals surface area contributed by atoms with Crippen molar-refractivity contribution in [3.8, 4) is 11.5 Å². The van der Waals surface area contributed by atoms with Crippen molar-refractivity contribution in [3.63, 3.8) is 0 Å². The Morgan fingerprint density at radius 1 is 1.06 bits per heavy atom. The molecule has 182 valence electrons. The molecule has 7 nitrogen and oxygen atoms in total. The lowest BCUT2D eigenvalue weighted by Crippen LogP contribution is -2.26. The number of rotatable bonds is 8. The van der Waals surface area contributed by atoms with E-state index in [2.05, 4.69) is 26.2 Å². The van der Waals surface area contributed by atoms with Crippen molar-refractivity contribution < 1.29 is 18.7 Å². The first kappa shape index (κ1) is 23.7. The number of methoxy groups -OCH3 is 1. The van der Waals surface area contributed by atoms with Crippen LogP contribution >= 0.6 is 15.9 Å². The topological polar surface area (TPSA) is 93.6 Å². The molecule has 0 saturated carbocycles.